The number of hydrogen-bond acceptors (Lipinski definition) is 2. The van der Waals surface area contributed by atoms with Crippen LogP contribution < -0.4 is 5.32 Å². The fourth-order valence-electron chi connectivity index (χ4n) is 4.14. The maximum Gasteiger partial charge on any atom is 0.0124 e. The van der Waals surface area contributed by atoms with E-state index in [0.29, 0.717) is 0 Å². The highest BCUT2D eigenvalue weighted by atomic mass is 15.2. The summed E-state index contributed by atoms with van der Waals surface area (Å²) in [5.41, 5.74) is 0. The van der Waals surface area contributed by atoms with Crippen molar-refractivity contribution >= 4 is 0 Å². The summed E-state index contributed by atoms with van der Waals surface area (Å²) in [6.07, 6.45) is 5.85. The first-order valence-corrected chi connectivity index (χ1v) is 6.83. The minimum absolute atomic E-state index is 0.945. The van der Waals surface area contributed by atoms with Crippen molar-refractivity contribution in [2.45, 2.75) is 38.6 Å². The molecule has 1 N–H and O–H groups in total. The van der Waals surface area contributed by atoms with E-state index in [1.165, 1.54) is 51.9 Å². The molecule has 0 aromatic heterocycles. The van der Waals surface area contributed by atoms with Gasteiger partial charge in [0, 0.05) is 19.1 Å². The molecule has 3 fully saturated rings. The molecule has 2 saturated heterocycles. The van der Waals surface area contributed by atoms with Gasteiger partial charge in [-0.3, -0.25) is 4.90 Å². The van der Waals surface area contributed by atoms with Gasteiger partial charge in [0.05, 0.1) is 0 Å². The zero-order valence-corrected chi connectivity index (χ0v) is 9.91. The van der Waals surface area contributed by atoms with Crippen LogP contribution in [-0.2, 0) is 0 Å². The lowest BCUT2D eigenvalue weighted by molar-refractivity contribution is 0.181. The van der Waals surface area contributed by atoms with Gasteiger partial charge >= 0.3 is 0 Å². The van der Waals surface area contributed by atoms with Crippen LogP contribution in [0.25, 0.3) is 0 Å². The molecule has 0 aromatic carbocycles. The van der Waals surface area contributed by atoms with Gasteiger partial charge in [-0.1, -0.05) is 19.8 Å². The minimum atomic E-state index is 0.945. The molecule has 0 aromatic rings. The minimum Gasteiger partial charge on any atom is -0.316 e. The maximum atomic E-state index is 3.53. The van der Waals surface area contributed by atoms with E-state index >= 15 is 0 Å². The lowest BCUT2D eigenvalue weighted by Gasteiger charge is -2.29. The predicted octanol–water partition coefficient (Wildman–Crippen LogP) is 1.72. The molecule has 4 atom stereocenters. The molecule has 2 aliphatic heterocycles. The van der Waals surface area contributed by atoms with Gasteiger partial charge in [0.15, 0.2) is 0 Å². The number of fused-ring (bicyclic) bond motifs is 1. The van der Waals surface area contributed by atoms with E-state index in [2.05, 4.69) is 17.1 Å². The first-order valence-electron chi connectivity index (χ1n) is 6.83. The summed E-state index contributed by atoms with van der Waals surface area (Å²) < 4.78 is 0. The molecular formula is C13H24N2. The second kappa shape index (κ2) is 4.06. The van der Waals surface area contributed by atoms with Gasteiger partial charge in [-0.05, 0) is 43.7 Å². The Morgan fingerprint density at radius 1 is 1.13 bits per heavy atom. The van der Waals surface area contributed by atoms with Gasteiger partial charge in [0.25, 0.3) is 0 Å². The van der Waals surface area contributed by atoms with Crippen molar-refractivity contribution in [1.29, 1.82) is 0 Å². The number of rotatable bonds is 2. The quantitative estimate of drug-likeness (QED) is 0.743. The Hall–Kier alpha value is -0.0800. The van der Waals surface area contributed by atoms with E-state index in [1.807, 2.05) is 0 Å². The zero-order valence-electron chi connectivity index (χ0n) is 9.91. The number of hydrogen-bond donors (Lipinski definition) is 1. The van der Waals surface area contributed by atoms with Gasteiger partial charge in [-0.25, -0.2) is 0 Å². The van der Waals surface area contributed by atoms with Gasteiger partial charge in [-0.15, -0.1) is 0 Å². The summed E-state index contributed by atoms with van der Waals surface area (Å²) in [4.78, 5) is 2.83. The normalized spacial score (nSPS) is 46.2. The largest absolute Gasteiger partial charge is 0.316 e. The van der Waals surface area contributed by atoms with Crippen LogP contribution in [-0.4, -0.2) is 37.1 Å². The molecule has 1 saturated carbocycles. The molecule has 0 bridgehead atoms. The van der Waals surface area contributed by atoms with Crippen LogP contribution in [0.5, 0.6) is 0 Å². The summed E-state index contributed by atoms with van der Waals surface area (Å²) >= 11 is 0. The summed E-state index contributed by atoms with van der Waals surface area (Å²) in [7, 11) is 0. The Labute approximate surface area is 93.4 Å². The third-order valence-corrected chi connectivity index (χ3v) is 5.03. The first-order chi connectivity index (χ1) is 7.38. The lowest BCUT2D eigenvalue weighted by Crippen LogP contribution is -2.37. The molecule has 2 nitrogen and oxygen atoms in total. The molecule has 0 radical (unpaired) electrons. The number of nitrogens with zero attached hydrogens (tertiary/aromatic N) is 1. The van der Waals surface area contributed by atoms with E-state index in [1.54, 1.807) is 0 Å². The molecule has 15 heavy (non-hydrogen) atoms. The Morgan fingerprint density at radius 3 is 2.53 bits per heavy atom. The summed E-state index contributed by atoms with van der Waals surface area (Å²) in [6.45, 7) is 7.72. The molecule has 2 heterocycles. The van der Waals surface area contributed by atoms with Crippen molar-refractivity contribution in [3.8, 4) is 0 Å². The number of nitrogens with one attached hydrogen (secondary N) is 1. The van der Waals surface area contributed by atoms with Crippen molar-refractivity contribution in [3.63, 3.8) is 0 Å². The molecule has 2 unspecified atom stereocenters. The fourth-order valence-corrected chi connectivity index (χ4v) is 4.14. The monoisotopic (exact) mass is 208 g/mol. The standard InChI is InChI=1S/C13H24N2/c1-2-10-4-3-5-13(10)15-8-11-6-14-7-12(11)9-15/h10-14H,2-9H2,1H3/t10?,11-,12+,13?. The van der Waals surface area contributed by atoms with Crippen LogP contribution in [0.3, 0.4) is 0 Å². The molecule has 0 amide bonds. The van der Waals surface area contributed by atoms with Crippen LogP contribution in [0, 0.1) is 17.8 Å². The Morgan fingerprint density at radius 2 is 1.87 bits per heavy atom. The first kappa shape index (κ1) is 10.1. The van der Waals surface area contributed by atoms with E-state index in [4.69, 9.17) is 0 Å². The van der Waals surface area contributed by atoms with Crippen LogP contribution in [0.2, 0.25) is 0 Å². The lowest BCUT2D eigenvalue weighted by atomic mass is 9.99. The SMILES string of the molecule is CCC1CCCC1N1C[C@H]2CNC[C@H]2C1. The third kappa shape index (κ3) is 1.72. The zero-order chi connectivity index (χ0) is 10.3. The van der Waals surface area contributed by atoms with Crippen LogP contribution in [0.15, 0.2) is 0 Å². The Kier molecular flexibility index (Phi) is 2.73. The van der Waals surface area contributed by atoms with Crippen LogP contribution in [0.1, 0.15) is 32.6 Å². The van der Waals surface area contributed by atoms with E-state index in [0.717, 1.165) is 23.8 Å². The average Bonchev–Trinajstić information content (AvgIpc) is 2.91. The average molecular weight is 208 g/mol. The number of likely N-dealkylation sites (tertiary alicyclic amines) is 1. The molecule has 0 spiro atoms. The molecule has 3 aliphatic rings. The summed E-state index contributed by atoms with van der Waals surface area (Å²) in [5.74, 6) is 2.96. The highest BCUT2D eigenvalue weighted by Gasteiger charge is 2.41. The molecular weight excluding hydrogens is 184 g/mol. The summed E-state index contributed by atoms with van der Waals surface area (Å²) in [5, 5.41) is 3.53. The second-order valence-corrected chi connectivity index (χ2v) is 5.80. The highest BCUT2D eigenvalue weighted by Crippen LogP contribution is 2.37. The fraction of sp³-hybridized carbons (Fsp3) is 1.00. The Bertz CT molecular complexity index is 217. The molecule has 2 heteroatoms. The van der Waals surface area contributed by atoms with Gasteiger partial charge < -0.3 is 5.32 Å². The van der Waals surface area contributed by atoms with Crippen molar-refractivity contribution in [2.75, 3.05) is 26.2 Å². The smallest absolute Gasteiger partial charge is 0.0124 e. The molecule has 86 valence electrons. The summed E-state index contributed by atoms with van der Waals surface area (Å²) in [6, 6.07) is 0.945. The highest BCUT2D eigenvalue weighted by molar-refractivity contribution is 4.96. The van der Waals surface area contributed by atoms with Gasteiger partial charge in [-0.2, -0.15) is 0 Å². The second-order valence-electron chi connectivity index (χ2n) is 5.80. The van der Waals surface area contributed by atoms with Gasteiger partial charge in [0.2, 0.25) is 0 Å². The predicted molar refractivity (Wildman–Crippen MR) is 62.8 cm³/mol. The van der Waals surface area contributed by atoms with Gasteiger partial charge in [0.1, 0.15) is 0 Å². The van der Waals surface area contributed by atoms with Crippen LogP contribution >= 0.6 is 0 Å². The van der Waals surface area contributed by atoms with Crippen molar-refractivity contribution in [2.24, 2.45) is 17.8 Å². The van der Waals surface area contributed by atoms with E-state index < -0.39 is 0 Å². The van der Waals surface area contributed by atoms with Crippen molar-refractivity contribution in [1.82, 2.24) is 10.2 Å². The Balaban J connectivity index is 1.64. The van der Waals surface area contributed by atoms with E-state index in [9.17, 15) is 0 Å². The topological polar surface area (TPSA) is 15.3 Å². The third-order valence-electron chi connectivity index (χ3n) is 5.03. The van der Waals surface area contributed by atoms with Crippen LogP contribution in [0.4, 0.5) is 0 Å². The molecule has 3 rings (SSSR count). The van der Waals surface area contributed by atoms with Crippen molar-refractivity contribution < 1.29 is 0 Å². The van der Waals surface area contributed by atoms with Crippen molar-refractivity contribution in [3.05, 3.63) is 0 Å². The maximum absolute atomic E-state index is 3.53. The molecule has 1 aliphatic carbocycles. The van der Waals surface area contributed by atoms with E-state index in [-0.39, 0.29) is 0 Å².